The van der Waals surface area contributed by atoms with Gasteiger partial charge in [0.15, 0.2) is 11.5 Å². The van der Waals surface area contributed by atoms with Crippen LogP contribution in [0, 0.1) is 0 Å². The van der Waals surface area contributed by atoms with Gasteiger partial charge in [0.2, 0.25) is 5.78 Å². The summed E-state index contributed by atoms with van der Waals surface area (Å²) in [5.41, 5.74) is 2.44. The number of pyridine rings is 1. The third-order valence-electron chi connectivity index (χ3n) is 5.69. The number of aliphatic hydroxyl groups excluding tert-OH is 1. The van der Waals surface area contributed by atoms with Crippen molar-refractivity contribution in [2.45, 2.75) is 26.4 Å². The maximum absolute atomic E-state index is 13.2. The number of furan rings is 1. The van der Waals surface area contributed by atoms with Gasteiger partial charge in [-0.05, 0) is 55.8 Å². The standard InChI is InChI=1S/C25H25N3O4/c1-3-27(4-2)19-12-10-17(11-13-19)22-21(23(29)20-9-7-15-32-20)24(30)25(31)28(22)16-18-8-5-6-14-26-18/h5-15,22,30H,3-4,16H2,1-2H3. The quantitative estimate of drug-likeness (QED) is 0.535. The Kier molecular flexibility index (Phi) is 6.07. The van der Waals surface area contributed by atoms with E-state index in [2.05, 4.69) is 23.7 Å². The van der Waals surface area contributed by atoms with Crippen molar-refractivity contribution in [3.63, 3.8) is 0 Å². The van der Waals surface area contributed by atoms with Crippen LogP contribution in [-0.2, 0) is 11.3 Å². The van der Waals surface area contributed by atoms with Crippen LogP contribution in [0.4, 0.5) is 5.69 Å². The number of hydrogen-bond acceptors (Lipinski definition) is 6. The molecule has 0 spiro atoms. The summed E-state index contributed by atoms with van der Waals surface area (Å²) in [6.45, 7) is 6.06. The van der Waals surface area contributed by atoms with E-state index in [9.17, 15) is 14.7 Å². The summed E-state index contributed by atoms with van der Waals surface area (Å²) in [4.78, 5) is 34.2. The van der Waals surface area contributed by atoms with Crippen LogP contribution in [0.2, 0.25) is 0 Å². The van der Waals surface area contributed by atoms with Crippen LogP contribution in [0.15, 0.2) is 82.8 Å². The average molecular weight is 431 g/mol. The first-order valence-corrected chi connectivity index (χ1v) is 10.6. The van der Waals surface area contributed by atoms with Crippen LogP contribution in [0.3, 0.4) is 0 Å². The summed E-state index contributed by atoms with van der Waals surface area (Å²) >= 11 is 0. The number of hydrogen-bond donors (Lipinski definition) is 1. The molecule has 1 aromatic carbocycles. The molecule has 0 bridgehead atoms. The van der Waals surface area contributed by atoms with Crippen molar-refractivity contribution in [1.29, 1.82) is 0 Å². The Morgan fingerprint density at radius 2 is 1.84 bits per heavy atom. The van der Waals surface area contributed by atoms with Gasteiger partial charge < -0.3 is 19.3 Å². The van der Waals surface area contributed by atoms with Crippen molar-refractivity contribution < 1.29 is 19.1 Å². The summed E-state index contributed by atoms with van der Waals surface area (Å²) in [6.07, 6.45) is 3.03. The summed E-state index contributed by atoms with van der Waals surface area (Å²) in [5, 5.41) is 10.7. The molecule has 164 valence electrons. The topological polar surface area (TPSA) is 86.9 Å². The molecular weight excluding hydrogens is 406 g/mol. The van der Waals surface area contributed by atoms with Crippen LogP contribution in [0.25, 0.3) is 0 Å². The summed E-state index contributed by atoms with van der Waals surface area (Å²) in [5.74, 6) is -1.60. The molecule has 32 heavy (non-hydrogen) atoms. The number of aromatic nitrogens is 1. The Labute approximate surface area is 186 Å². The molecule has 1 unspecified atom stereocenters. The van der Waals surface area contributed by atoms with Gasteiger partial charge in [-0.25, -0.2) is 0 Å². The normalized spacial score (nSPS) is 16.0. The van der Waals surface area contributed by atoms with Gasteiger partial charge >= 0.3 is 0 Å². The van der Waals surface area contributed by atoms with Crippen molar-refractivity contribution in [2.75, 3.05) is 18.0 Å². The first-order valence-electron chi connectivity index (χ1n) is 10.6. The summed E-state index contributed by atoms with van der Waals surface area (Å²) in [7, 11) is 0. The number of Topliss-reactive ketones (excluding diaryl/α,β-unsaturated/α-hetero) is 1. The highest BCUT2D eigenvalue weighted by Crippen LogP contribution is 2.40. The van der Waals surface area contributed by atoms with Crippen molar-refractivity contribution in [1.82, 2.24) is 9.88 Å². The highest BCUT2D eigenvalue weighted by atomic mass is 16.3. The molecule has 0 radical (unpaired) electrons. The Morgan fingerprint density at radius 3 is 2.44 bits per heavy atom. The second-order valence-corrected chi connectivity index (χ2v) is 7.49. The molecule has 7 heteroatoms. The number of rotatable bonds is 8. The zero-order chi connectivity index (χ0) is 22.7. The van der Waals surface area contributed by atoms with E-state index >= 15 is 0 Å². The number of ketones is 1. The molecule has 1 aliphatic rings. The zero-order valence-electron chi connectivity index (χ0n) is 18.1. The molecule has 3 aromatic rings. The number of aliphatic hydroxyl groups is 1. The fourth-order valence-electron chi connectivity index (χ4n) is 4.06. The molecule has 1 atom stereocenters. The molecular formula is C25H25N3O4. The fraction of sp³-hybridized carbons (Fsp3) is 0.240. The number of carbonyl (C=O) groups excluding carboxylic acids is 2. The maximum atomic E-state index is 13.2. The molecule has 0 aliphatic carbocycles. The molecule has 1 N–H and O–H groups in total. The van der Waals surface area contributed by atoms with E-state index in [1.54, 1.807) is 24.4 Å². The first kappa shape index (κ1) is 21.4. The fourth-order valence-corrected chi connectivity index (χ4v) is 4.06. The lowest BCUT2D eigenvalue weighted by atomic mass is 9.94. The van der Waals surface area contributed by atoms with E-state index in [-0.39, 0.29) is 17.9 Å². The Balaban J connectivity index is 1.76. The third kappa shape index (κ3) is 3.89. The van der Waals surface area contributed by atoms with E-state index in [1.807, 2.05) is 30.3 Å². The first-order chi connectivity index (χ1) is 15.5. The number of anilines is 1. The predicted octanol–water partition coefficient (Wildman–Crippen LogP) is 4.30. The number of nitrogens with zero attached hydrogens (tertiary/aromatic N) is 3. The van der Waals surface area contributed by atoms with Crippen molar-refractivity contribution in [3.8, 4) is 0 Å². The van der Waals surface area contributed by atoms with E-state index in [0.29, 0.717) is 5.69 Å². The van der Waals surface area contributed by atoms with Gasteiger partial charge in [0, 0.05) is 25.0 Å². The van der Waals surface area contributed by atoms with E-state index in [4.69, 9.17) is 4.42 Å². The molecule has 3 heterocycles. The van der Waals surface area contributed by atoms with Gasteiger partial charge in [0.1, 0.15) is 0 Å². The monoisotopic (exact) mass is 431 g/mol. The van der Waals surface area contributed by atoms with Gasteiger partial charge in [-0.1, -0.05) is 18.2 Å². The minimum atomic E-state index is -0.757. The molecule has 7 nitrogen and oxygen atoms in total. The molecule has 0 saturated carbocycles. The van der Waals surface area contributed by atoms with Crippen LogP contribution in [0.5, 0.6) is 0 Å². The lowest BCUT2D eigenvalue weighted by molar-refractivity contribution is -0.130. The Morgan fingerprint density at radius 1 is 1.09 bits per heavy atom. The SMILES string of the molecule is CCN(CC)c1ccc(C2C(C(=O)c3ccco3)=C(O)C(=O)N2Cc2ccccn2)cc1. The summed E-state index contributed by atoms with van der Waals surface area (Å²) < 4.78 is 5.27. The lowest BCUT2D eigenvalue weighted by Gasteiger charge is -2.27. The molecule has 2 aromatic heterocycles. The molecule has 0 saturated heterocycles. The second-order valence-electron chi connectivity index (χ2n) is 7.49. The maximum Gasteiger partial charge on any atom is 0.290 e. The minimum absolute atomic E-state index is 0.0106. The van der Waals surface area contributed by atoms with Crippen molar-refractivity contribution in [2.24, 2.45) is 0 Å². The Bertz CT molecular complexity index is 1120. The van der Waals surface area contributed by atoms with Crippen molar-refractivity contribution >= 4 is 17.4 Å². The smallest absolute Gasteiger partial charge is 0.290 e. The molecule has 1 amide bonds. The van der Waals surface area contributed by atoms with Gasteiger partial charge in [-0.3, -0.25) is 14.6 Å². The Hall–Kier alpha value is -3.87. The van der Waals surface area contributed by atoms with Gasteiger partial charge in [0.05, 0.1) is 30.1 Å². The van der Waals surface area contributed by atoms with Crippen LogP contribution in [0.1, 0.15) is 41.7 Å². The zero-order valence-corrected chi connectivity index (χ0v) is 18.1. The van der Waals surface area contributed by atoms with Crippen LogP contribution < -0.4 is 4.90 Å². The number of carbonyl (C=O) groups is 2. The summed E-state index contributed by atoms with van der Waals surface area (Å²) in [6, 6.07) is 15.5. The lowest BCUT2D eigenvalue weighted by Crippen LogP contribution is -2.31. The number of amides is 1. The largest absolute Gasteiger partial charge is 0.503 e. The van der Waals surface area contributed by atoms with E-state index in [0.717, 1.165) is 24.3 Å². The second kappa shape index (κ2) is 9.09. The van der Waals surface area contributed by atoms with E-state index < -0.39 is 23.5 Å². The minimum Gasteiger partial charge on any atom is -0.503 e. The van der Waals surface area contributed by atoms with Gasteiger partial charge in [-0.2, -0.15) is 0 Å². The number of benzene rings is 1. The highest BCUT2D eigenvalue weighted by Gasteiger charge is 2.44. The van der Waals surface area contributed by atoms with Gasteiger partial charge in [0.25, 0.3) is 5.91 Å². The molecule has 4 rings (SSSR count). The average Bonchev–Trinajstić information content (AvgIpc) is 3.44. The van der Waals surface area contributed by atoms with Crippen LogP contribution in [-0.4, -0.2) is 39.8 Å². The molecule has 1 aliphatic heterocycles. The molecule has 0 fully saturated rings. The predicted molar refractivity (Wildman–Crippen MR) is 120 cm³/mol. The van der Waals surface area contributed by atoms with Gasteiger partial charge in [-0.15, -0.1) is 0 Å². The third-order valence-corrected chi connectivity index (χ3v) is 5.69. The van der Waals surface area contributed by atoms with Crippen molar-refractivity contribution in [3.05, 3.63) is 95.4 Å². The highest BCUT2D eigenvalue weighted by molar-refractivity contribution is 6.15. The van der Waals surface area contributed by atoms with E-state index in [1.165, 1.54) is 17.2 Å². The van der Waals surface area contributed by atoms with Crippen LogP contribution >= 0.6 is 0 Å².